The van der Waals surface area contributed by atoms with Crippen molar-refractivity contribution in [1.82, 2.24) is 0 Å². The molecule has 25 heavy (non-hydrogen) atoms. The summed E-state index contributed by atoms with van der Waals surface area (Å²) in [5.74, 6) is 0.0908. The molecule has 0 spiro atoms. The van der Waals surface area contributed by atoms with Crippen LogP contribution in [0.15, 0.2) is 48.5 Å². The van der Waals surface area contributed by atoms with Crippen molar-refractivity contribution in [1.29, 1.82) is 0 Å². The molecular weight excluding hydrogens is 312 g/mol. The summed E-state index contributed by atoms with van der Waals surface area (Å²) in [6.07, 6.45) is 0.804. The molecule has 2 rings (SSSR count). The zero-order valence-corrected chi connectivity index (χ0v) is 15.4. The molecule has 0 unspecified atom stereocenters. The first-order chi connectivity index (χ1) is 11.9. The second-order valence-corrected chi connectivity index (χ2v) is 6.41. The van der Waals surface area contributed by atoms with Gasteiger partial charge in [0, 0.05) is 18.3 Å². The smallest absolute Gasteiger partial charge is 0.244 e. The average Bonchev–Trinajstić information content (AvgIpc) is 2.60. The molecule has 0 heterocycles. The Hall–Kier alpha value is -2.62. The van der Waals surface area contributed by atoms with Gasteiger partial charge in [0.15, 0.2) is 0 Å². The van der Waals surface area contributed by atoms with Gasteiger partial charge in [-0.15, -0.1) is 0 Å². The van der Waals surface area contributed by atoms with E-state index < -0.39 is 0 Å². The monoisotopic (exact) mass is 338 g/mol. The quantitative estimate of drug-likeness (QED) is 0.850. The van der Waals surface area contributed by atoms with Gasteiger partial charge >= 0.3 is 0 Å². The van der Waals surface area contributed by atoms with Gasteiger partial charge in [-0.3, -0.25) is 9.59 Å². The van der Waals surface area contributed by atoms with Gasteiger partial charge in [-0.25, -0.2) is 0 Å². The number of aryl methyl sites for hydroxylation is 1. The van der Waals surface area contributed by atoms with E-state index >= 15 is 0 Å². The van der Waals surface area contributed by atoms with Crippen molar-refractivity contribution in [2.75, 3.05) is 16.8 Å². The normalized spacial score (nSPS) is 10.6. The van der Waals surface area contributed by atoms with Crippen molar-refractivity contribution < 1.29 is 9.59 Å². The van der Waals surface area contributed by atoms with Crippen LogP contribution in [0.5, 0.6) is 0 Å². The number of carbonyl (C=O) groups is 2. The number of nitrogens with zero attached hydrogens (tertiary/aromatic N) is 1. The van der Waals surface area contributed by atoms with E-state index in [0.717, 1.165) is 23.4 Å². The van der Waals surface area contributed by atoms with E-state index in [-0.39, 0.29) is 18.4 Å². The summed E-state index contributed by atoms with van der Waals surface area (Å²) in [6.45, 7) is 7.77. The summed E-state index contributed by atoms with van der Waals surface area (Å²) in [6, 6.07) is 15.5. The highest BCUT2D eigenvalue weighted by Gasteiger charge is 2.18. The van der Waals surface area contributed by atoms with Gasteiger partial charge in [0.1, 0.15) is 6.54 Å². The molecule has 0 bridgehead atoms. The Balaban J connectivity index is 2.11. The molecule has 2 amide bonds. The van der Waals surface area contributed by atoms with Crippen molar-refractivity contribution in [3.8, 4) is 0 Å². The fourth-order valence-corrected chi connectivity index (χ4v) is 2.73. The third-order valence-electron chi connectivity index (χ3n) is 4.21. The van der Waals surface area contributed by atoms with Crippen molar-refractivity contribution >= 4 is 23.2 Å². The third kappa shape index (κ3) is 4.92. The maximum Gasteiger partial charge on any atom is 0.244 e. The van der Waals surface area contributed by atoms with Gasteiger partial charge in [-0.2, -0.15) is 0 Å². The highest BCUT2D eigenvalue weighted by molar-refractivity contribution is 6.02. The zero-order chi connectivity index (χ0) is 18.4. The Labute approximate surface area is 149 Å². The van der Waals surface area contributed by atoms with Gasteiger partial charge in [0.25, 0.3) is 0 Å². The topological polar surface area (TPSA) is 49.4 Å². The number of hydrogen-bond donors (Lipinski definition) is 1. The van der Waals surface area contributed by atoms with E-state index in [2.05, 4.69) is 19.2 Å². The van der Waals surface area contributed by atoms with Crippen molar-refractivity contribution in [2.45, 2.75) is 40.0 Å². The van der Waals surface area contributed by atoms with Crippen LogP contribution >= 0.6 is 0 Å². The van der Waals surface area contributed by atoms with Crippen molar-refractivity contribution in [3.63, 3.8) is 0 Å². The molecule has 2 aromatic carbocycles. The first-order valence-corrected chi connectivity index (χ1v) is 8.68. The lowest BCUT2D eigenvalue weighted by atomic mass is 10.0. The largest absolute Gasteiger partial charge is 0.325 e. The summed E-state index contributed by atoms with van der Waals surface area (Å²) < 4.78 is 0. The van der Waals surface area contributed by atoms with Crippen LogP contribution in [0, 0.1) is 0 Å². The molecule has 0 aliphatic heterocycles. The molecule has 0 saturated heterocycles. The molecule has 0 saturated carbocycles. The van der Waals surface area contributed by atoms with E-state index in [9.17, 15) is 9.59 Å². The Bertz CT molecular complexity index is 736. The number of benzene rings is 2. The van der Waals surface area contributed by atoms with Gasteiger partial charge < -0.3 is 10.2 Å². The predicted molar refractivity (Wildman–Crippen MR) is 103 cm³/mol. The van der Waals surface area contributed by atoms with Gasteiger partial charge in [0.2, 0.25) is 11.8 Å². The standard InChI is InChI=1S/C21H26N2O2/c1-5-17-8-6-7-9-20(17)23(16(4)24)14-21(25)22-19-12-10-18(11-13-19)15(2)3/h6-13,15H,5,14H2,1-4H3,(H,22,25). The summed E-state index contributed by atoms with van der Waals surface area (Å²) >= 11 is 0. The van der Waals surface area contributed by atoms with Crippen LogP contribution in [0.1, 0.15) is 44.7 Å². The highest BCUT2D eigenvalue weighted by atomic mass is 16.2. The second-order valence-electron chi connectivity index (χ2n) is 6.41. The summed E-state index contributed by atoms with van der Waals surface area (Å²) in [7, 11) is 0. The molecule has 0 aliphatic carbocycles. The maximum absolute atomic E-state index is 12.4. The molecule has 2 aromatic rings. The summed E-state index contributed by atoms with van der Waals surface area (Å²) in [5.41, 5.74) is 3.80. The molecule has 132 valence electrons. The Morgan fingerprint density at radius 1 is 1.04 bits per heavy atom. The van der Waals surface area contributed by atoms with E-state index in [4.69, 9.17) is 0 Å². The van der Waals surface area contributed by atoms with Gasteiger partial charge in [-0.1, -0.05) is 51.1 Å². The molecule has 1 N–H and O–H groups in total. The van der Waals surface area contributed by atoms with E-state index in [0.29, 0.717) is 5.92 Å². The van der Waals surface area contributed by atoms with E-state index in [1.165, 1.54) is 17.4 Å². The van der Waals surface area contributed by atoms with E-state index in [1.54, 1.807) is 0 Å². The van der Waals surface area contributed by atoms with Crippen LogP contribution in [-0.4, -0.2) is 18.4 Å². The number of nitrogens with one attached hydrogen (secondary N) is 1. The number of rotatable bonds is 6. The predicted octanol–water partition coefficient (Wildman–Crippen LogP) is 4.36. The molecule has 0 fully saturated rings. The minimum absolute atomic E-state index is 0.00171. The molecular formula is C21H26N2O2. The molecule has 0 aliphatic rings. The highest BCUT2D eigenvalue weighted by Crippen LogP contribution is 2.21. The summed E-state index contributed by atoms with van der Waals surface area (Å²) in [4.78, 5) is 26.0. The first kappa shape index (κ1) is 18.7. The van der Waals surface area contributed by atoms with Crippen molar-refractivity contribution in [2.24, 2.45) is 0 Å². The van der Waals surface area contributed by atoms with Crippen LogP contribution in [0.4, 0.5) is 11.4 Å². The van der Waals surface area contributed by atoms with Crippen molar-refractivity contribution in [3.05, 3.63) is 59.7 Å². The number of hydrogen-bond acceptors (Lipinski definition) is 2. The van der Waals surface area contributed by atoms with E-state index in [1.807, 2.05) is 55.5 Å². The first-order valence-electron chi connectivity index (χ1n) is 8.68. The maximum atomic E-state index is 12.4. The van der Waals surface area contributed by atoms with Gasteiger partial charge in [0.05, 0.1) is 0 Å². The number of amides is 2. The lowest BCUT2D eigenvalue weighted by molar-refractivity contribution is -0.120. The number of para-hydroxylation sites is 1. The number of carbonyl (C=O) groups excluding carboxylic acids is 2. The lowest BCUT2D eigenvalue weighted by Gasteiger charge is -2.23. The zero-order valence-electron chi connectivity index (χ0n) is 15.4. The molecule has 4 heteroatoms. The number of anilines is 2. The molecule has 4 nitrogen and oxygen atoms in total. The van der Waals surface area contributed by atoms with Crippen LogP contribution < -0.4 is 10.2 Å². The van der Waals surface area contributed by atoms with Crippen LogP contribution in [0.2, 0.25) is 0 Å². The SMILES string of the molecule is CCc1ccccc1N(CC(=O)Nc1ccc(C(C)C)cc1)C(C)=O. The fraction of sp³-hybridized carbons (Fsp3) is 0.333. The molecule has 0 radical (unpaired) electrons. The Kier molecular flexibility index (Phi) is 6.34. The summed E-state index contributed by atoms with van der Waals surface area (Å²) in [5, 5.41) is 2.87. The second kappa shape index (κ2) is 8.47. The Morgan fingerprint density at radius 2 is 1.68 bits per heavy atom. The average molecular weight is 338 g/mol. The fourth-order valence-electron chi connectivity index (χ4n) is 2.73. The minimum Gasteiger partial charge on any atom is -0.325 e. The van der Waals surface area contributed by atoms with Crippen LogP contribution in [0.25, 0.3) is 0 Å². The van der Waals surface area contributed by atoms with Gasteiger partial charge in [-0.05, 0) is 41.7 Å². The van der Waals surface area contributed by atoms with Crippen LogP contribution in [-0.2, 0) is 16.0 Å². The third-order valence-corrected chi connectivity index (χ3v) is 4.21. The molecule has 0 atom stereocenters. The molecule has 0 aromatic heterocycles. The lowest BCUT2D eigenvalue weighted by Crippen LogP contribution is -2.37. The Morgan fingerprint density at radius 3 is 2.24 bits per heavy atom. The minimum atomic E-state index is -0.210. The van der Waals surface area contributed by atoms with Crippen LogP contribution in [0.3, 0.4) is 0 Å².